The number of aromatic nitrogens is 3. The van der Waals surface area contributed by atoms with Gasteiger partial charge in [-0.3, -0.25) is 14.3 Å². The highest BCUT2D eigenvalue weighted by Gasteiger charge is 2.31. The van der Waals surface area contributed by atoms with Gasteiger partial charge in [0, 0.05) is 18.7 Å². The molecule has 0 saturated carbocycles. The van der Waals surface area contributed by atoms with Gasteiger partial charge in [-0.05, 0) is 30.0 Å². The van der Waals surface area contributed by atoms with Crippen LogP contribution in [0, 0.1) is 0 Å². The van der Waals surface area contributed by atoms with Gasteiger partial charge < -0.3 is 9.73 Å². The van der Waals surface area contributed by atoms with Crippen molar-refractivity contribution in [3.05, 3.63) is 54.0 Å². The Morgan fingerprint density at radius 1 is 1.22 bits per heavy atom. The van der Waals surface area contributed by atoms with E-state index in [0.29, 0.717) is 30.6 Å². The molecule has 9 heteroatoms. The number of rotatable bonds is 6. The number of thioether (sulfide) groups is 1. The van der Waals surface area contributed by atoms with Gasteiger partial charge >= 0.3 is 6.03 Å². The van der Waals surface area contributed by atoms with Gasteiger partial charge in [-0.25, -0.2) is 4.79 Å². The Kier molecular flexibility index (Phi) is 6.10. The first-order valence-electron chi connectivity index (χ1n) is 10.6. The SMILES string of the molecule is CC(Sc1nnc(-c2ccc(C(C)(C)C)cc2)n1Cc1ccco1)C(=O)N1CCNC1=O. The number of imide groups is 1. The van der Waals surface area contributed by atoms with Crippen LogP contribution >= 0.6 is 11.8 Å². The van der Waals surface area contributed by atoms with E-state index >= 15 is 0 Å². The molecule has 1 fully saturated rings. The molecule has 1 atom stereocenters. The molecule has 4 rings (SSSR count). The Hall–Kier alpha value is -3.07. The quantitative estimate of drug-likeness (QED) is 0.569. The molecule has 1 unspecified atom stereocenters. The number of hydrogen-bond donors (Lipinski definition) is 1. The van der Waals surface area contributed by atoms with Crippen molar-refractivity contribution >= 4 is 23.7 Å². The van der Waals surface area contributed by atoms with E-state index < -0.39 is 5.25 Å². The number of urea groups is 1. The average Bonchev–Trinajstić information content (AvgIpc) is 3.50. The van der Waals surface area contributed by atoms with E-state index in [1.807, 2.05) is 28.8 Å². The highest BCUT2D eigenvalue weighted by Crippen LogP contribution is 2.30. The van der Waals surface area contributed by atoms with Crippen LogP contribution in [-0.4, -0.2) is 49.9 Å². The monoisotopic (exact) mass is 453 g/mol. The number of benzene rings is 1. The average molecular weight is 454 g/mol. The minimum atomic E-state index is -0.491. The predicted molar refractivity (Wildman–Crippen MR) is 122 cm³/mol. The molecule has 0 spiro atoms. The maximum Gasteiger partial charge on any atom is 0.324 e. The van der Waals surface area contributed by atoms with Crippen molar-refractivity contribution in [2.75, 3.05) is 13.1 Å². The van der Waals surface area contributed by atoms with Gasteiger partial charge in [0.15, 0.2) is 11.0 Å². The number of amides is 3. The standard InChI is InChI=1S/C23H27N5O3S/c1-15(20(29)27-12-11-24-21(27)30)32-22-26-25-19(28(22)14-18-6-5-13-31-18)16-7-9-17(10-8-16)23(2,3)4/h5-10,13,15H,11-12,14H2,1-4H3,(H,24,30). The summed E-state index contributed by atoms with van der Waals surface area (Å²) in [7, 11) is 0. The number of nitrogens with one attached hydrogen (secondary N) is 1. The van der Waals surface area contributed by atoms with Gasteiger partial charge in [0.2, 0.25) is 5.91 Å². The largest absolute Gasteiger partial charge is 0.467 e. The molecule has 168 valence electrons. The summed E-state index contributed by atoms with van der Waals surface area (Å²) < 4.78 is 7.50. The van der Waals surface area contributed by atoms with E-state index in [2.05, 4.69) is 48.4 Å². The molecule has 0 bridgehead atoms. The fourth-order valence-electron chi connectivity index (χ4n) is 3.52. The minimum Gasteiger partial charge on any atom is -0.467 e. The first kappa shape index (κ1) is 22.1. The van der Waals surface area contributed by atoms with E-state index in [1.54, 1.807) is 13.2 Å². The Morgan fingerprint density at radius 3 is 2.56 bits per heavy atom. The van der Waals surface area contributed by atoms with Crippen molar-refractivity contribution in [2.45, 2.75) is 50.1 Å². The lowest BCUT2D eigenvalue weighted by atomic mass is 9.87. The Balaban J connectivity index is 1.63. The van der Waals surface area contributed by atoms with Crippen LogP contribution in [0.25, 0.3) is 11.4 Å². The summed E-state index contributed by atoms with van der Waals surface area (Å²) in [4.78, 5) is 25.9. The number of hydrogen-bond acceptors (Lipinski definition) is 6. The zero-order valence-corrected chi connectivity index (χ0v) is 19.5. The van der Waals surface area contributed by atoms with Crippen LogP contribution < -0.4 is 5.32 Å². The summed E-state index contributed by atoms with van der Waals surface area (Å²) in [5.41, 5.74) is 2.22. The zero-order chi connectivity index (χ0) is 22.9. The van der Waals surface area contributed by atoms with Crippen molar-refractivity contribution in [3.63, 3.8) is 0 Å². The molecule has 8 nitrogen and oxygen atoms in total. The molecular formula is C23H27N5O3S. The van der Waals surface area contributed by atoms with Gasteiger partial charge in [0.05, 0.1) is 18.1 Å². The lowest BCUT2D eigenvalue weighted by molar-refractivity contribution is -0.126. The van der Waals surface area contributed by atoms with Crippen molar-refractivity contribution in [2.24, 2.45) is 0 Å². The van der Waals surface area contributed by atoms with Crippen molar-refractivity contribution < 1.29 is 14.0 Å². The Morgan fingerprint density at radius 2 is 1.97 bits per heavy atom. The topological polar surface area (TPSA) is 93.3 Å². The molecule has 32 heavy (non-hydrogen) atoms. The first-order chi connectivity index (χ1) is 15.2. The van der Waals surface area contributed by atoms with Crippen LogP contribution in [0.15, 0.2) is 52.2 Å². The van der Waals surface area contributed by atoms with E-state index in [9.17, 15) is 9.59 Å². The smallest absolute Gasteiger partial charge is 0.324 e. The van der Waals surface area contributed by atoms with E-state index in [0.717, 1.165) is 11.3 Å². The van der Waals surface area contributed by atoms with Crippen LogP contribution in [0.5, 0.6) is 0 Å². The fourth-order valence-corrected chi connectivity index (χ4v) is 4.43. The van der Waals surface area contributed by atoms with Gasteiger partial charge in [-0.15, -0.1) is 10.2 Å². The number of carbonyl (C=O) groups excluding carboxylic acids is 2. The lowest BCUT2D eigenvalue weighted by Gasteiger charge is -2.19. The van der Waals surface area contributed by atoms with Crippen molar-refractivity contribution in [3.8, 4) is 11.4 Å². The molecule has 3 amide bonds. The van der Waals surface area contributed by atoms with Gasteiger partial charge in [-0.2, -0.15) is 0 Å². The van der Waals surface area contributed by atoms with Crippen molar-refractivity contribution in [1.29, 1.82) is 0 Å². The third kappa shape index (κ3) is 4.57. The summed E-state index contributed by atoms with van der Waals surface area (Å²) in [5.74, 6) is 1.22. The number of furan rings is 1. The van der Waals surface area contributed by atoms with Crippen LogP contribution in [0.4, 0.5) is 4.79 Å². The first-order valence-corrected chi connectivity index (χ1v) is 11.4. The highest BCUT2D eigenvalue weighted by molar-refractivity contribution is 8.00. The molecule has 0 aliphatic carbocycles. The van der Waals surface area contributed by atoms with Gasteiger partial charge in [-0.1, -0.05) is 56.8 Å². The second kappa shape index (κ2) is 8.82. The van der Waals surface area contributed by atoms with E-state index in [4.69, 9.17) is 4.42 Å². The fraction of sp³-hybridized carbons (Fsp3) is 0.391. The summed E-state index contributed by atoms with van der Waals surface area (Å²) in [6.07, 6.45) is 1.63. The second-order valence-electron chi connectivity index (χ2n) is 8.78. The second-order valence-corrected chi connectivity index (χ2v) is 10.1. The normalized spacial score (nSPS) is 15.1. The zero-order valence-electron chi connectivity index (χ0n) is 18.7. The predicted octanol–water partition coefficient (Wildman–Crippen LogP) is 3.92. The molecule has 0 radical (unpaired) electrons. The summed E-state index contributed by atoms with van der Waals surface area (Å²) >= 11 is 1.29. The summed E-state index contributed by atoms with van der Waals surface area (Å²) in [6.45, 7) is 9.60. The third-order valence-corrected chi connectivity index (χ3v) is 6.44. The van der Waals surface area contributed by atoms with Crippen LogP contribution in [-0.2, 0) is 16.8 Å². The number of nitrogens with zero attached hydrogens (tertiary/aromatic N) is 4. The van der Waals surface area contributed by atoms with Crippen LogP contribution in [0.3, 0.4) is 0 Å². The Bertz CT molecular complexity index is 1100. The molecule has 3 aromatic rings. The van der Waals surface area contributed by atoms with Crippen LogP contribution in [0.1, 0.15) is 39.0 Å². The maximum absolute atomic E-state index is 12.8. The van der Waals surface area contributed by atoms with Crippen LogP contribution in [0.2, 0.25) is 0 Å². The summed E-state index contributed by atoms with van der Waals surface area (Å²) in [5, 5.41) is 11.6. The van der Waals surface area contributed by atoms with Crippen molar-refractivity contribution in [1.82, 2.24) is 25.0 Å². The molecule has 1 saturated heterocycles. The number of carbonyl (C=O) groups is 2. The molecule has 3 heterocycles. The van der Waals surface area contributed by atoms with Gasteiger partial charge in [0.25, 0.3) is 0 Å². The maximum atomic E-state index is 12.8. The molecule has 1 aliphatic heterocycles. The minimum absolute atomic E-state index is 0.0546. The molecule has 1 aliphatic rings. The molecule has 2 aromatic heterocycles. The highest BCUT2D eigenvalue weighted by atomic mass is 32.2. The van der Waals surface area contributed by atoms with E-state index in [-0.39, 0.29) is 17.4 Å². The van der Waals surface area contributed by atoms with E-state index in [1.165, 1.54) is 22.2 Å². The third-order valence-electron chi connectivity index (χ3n) is 5.37. The molecule has 1 N–H and O–H groups in total. The molecular weight excluding hydrogens is 426 g/mol. The lowest BCUT2D eigenvalue weighted by Crippen LogP contribution is -2.39. The Labute approximate surface area is 191 Å². The molecule has 1 aromatic carbocycles. The van der Waals surface area contributed by atoms with Gasteiger partial charge in [0.1, 0.15) is 5.76 Å². The summed E-state index contributed by atoms with van der Waals surface area (Å²) in [6, 6.07) is 11.7.